The number of rotatable bonds is 3. The van der Waals surface area contributed by atoms with Gasteiger partial charge in [-0.25, -0.2) is 4.98 Å². The number of hydrogen-bond acceptors (Lipinski definition) is 4. The van der Waals surface area contributed by atoms with E-state index in [0.717, 1.165) is 31.4 Å². The second kappa shape index (κ2) is 7.31. The van der Waals surface area contributed by atoms with E-state index in [0.29, 0.717) is 23.4 Å². The van der Waals surface area contributed by atoms with Crippen LogP contribution in [-0.2, 0) is 0 Å². The molecule has 122 valence electrons. The number of nitrogens with zero attached hydrogens (tertiary/aromatic N) is 1. The summed E-state index contributed by atoms with van der Waals surface area (Å²) in [6, 6.07) is 5.39. The van der Waals surface area contributed by atoms with Gasteiger partial charge in [-0.3, -0.25) is 4.79 Å². The molecule has 0 atom stereocenters. The molecule has 22 heavy (non-hydrogen) atoms. The average molecular weight is 346 g/mol. The fourth-order valence-corrected chi connectivity index (χ4v) is 2.87. The molecule has 1 aliphatic carbocycles. The van der Waals surface area contributed by atoms with Gasteiger partial charge in [0.05, 0.1) is 5.54 Å². The summed E-state index contributed by atoms with van der Waals surface area (Å²) in [5.74, 6) is 0.103. The van der Waals surface area contributed by atoms with Crippen LogP contribution in [0.3, 0.4) is 0 Å². The number of amides is 1. The van der Waals surface area contributed by atoms with Crippen LogP contribution >= 0.6 is 24.8 Å². The van der Waals surface area contributed by atoms with Gasteiger partial charge >= 0.3 is 0 Å². The van der Waals surface area contributed by atoms with Crippen LogP contribution in [0.1, 0.15) is 41.9 Å². The summed E-state index contributed by atoms with van der Waals surface area (Å²) >= 11 is 0. The minimum Gasteiger partial charge on any atom is -0.449 e. The van der Waals surface area contributed by atoms with Crippen LogP contribution < -0.4 is 11.1 Å². The van der Waals surface area contributed by atoms with Crippen molar-refractivity contribution in [2.24, 2.45) is 5.73 Å². The second-order valence-electron chi connectivity index (χ2n) is 5.59. The molecule has 1 saturated carbocycles. The Morgan fingerprint density at radius 2 is 2.05 bits per heavy atom. The number of halogens is 2. The Morgan fingerprint density at radius 3 is 2.68 bits per heavy atom. The SMILES string of the molecule is Cc1ccc2oc(C(=O)NC3(CN)CCCC3)cc2n1.Cl.Cl. The highest BCUT2D eigenvalue weighted by molar-refractivity contribution is 5.95. The summed E-state index contributed by atoms with van der Waals surface area (Å²) in [4.78, 5) is 16.7. The lowest BCUT2D eigenvalue weighted by atomic mass is 9.98. The number of pyridine rings is 1. The summed E-state index contributed by atoms with van der Waals surface area (Å²) < 4.78 is 5.57. The number of nitrogens with two attached hydrogens (primary N) is 1. The van der Waals surface area contributed by atoms with Crippen molar-refractivity contribution in [3.63, 3.8) is 0 Å². The fraction of sp³-hybridized carbons (Fsp3) is 0.467. The summed E-state index contributed by atoms with van der Waals surface area (Å²) in [7, 11) is 0. The van der Waals surface area contributed by atoms with Crippen LogP contribution in [0.5, 0.6) is 0 Å². The van der Waals surface area contributed by atoms with Gasteiger partial charge in [-0.15, -0.1) is 24.8 Å². The van der Waals surface area contributed by atoms with Gasteiger partial charge in [0.15, 0.2) is 11.3 Å². The Hall–Kier alpha value is -1.30. The first-order chi connectivity index (χ1) is 9.62. The molecule has 0 bridgehead atoms. The van der Waals surface area contributed by atoms with E-state index in [9.17, 15) is 4.79 Å². The molecular weight excluding hydrogens is 325 g/mol. The molecule has 0 radical (unpaired) electrons. The number of aryl methyl sites for hydroxylation is 1. The number of carbonyl (C=O) groups is 1. The highest BCUT2D eigenvalue weighted by Gasteiger charge is 2.34. The standard InChI is InChI=1S/C15H19N3O2.2ClH/c1-10-4-5-12-11(17-10)8-13(20-12)14(19)18-15(9-16)6-2-3-7-15;;/h4-5,8H,2-3,6-7,9,16H2,1H3,(H,18,19);2*1H. The van der Waals surface area contributed by atoms with Crippen molar-refractivity contribution in [1.82, 2.24) is 10.3 Å². The summed E-state index contributed by atoms with van der Waals surface area (Å²) in [6.45, 7) is 2.38. The number of nitrogens with one attached hydrogen (secondary N) is 1. The maximum atomic E-state index is 12.3. The number of furan rings is 1. The van der Waals surface area contributed by atoms with Crippen LogP contribution in [0.25, 0.3) is 11.1 Å². The molecule has 2 aromatic rings. The van der Waals surface area contributed by atoms with Gasteiger partial charge in [-0.2, -0.15) is 0 Å². The third-order valence-corrected chi connectivity index (χ3v) is 4.07. The smallest absolute Gasteiger partial charge is 0.287 e. The van der Waals surface area contributed by atoms with Crippen LogP contribution in [0.15, 0.2) is 22.6 Å². The van der Waals surface area contributed by atoms with Gasteiger partial charge in [-0.1, -0.05) is 12.8 Å². The molecule has 2 heterocycles. The fourth-order valence-electron chi connectivity index (χ4n) is 2.87. The molecule has 0 spiro atoms. The van der Waals surface area contributed by atoms with Crippen molar-refractivity contribution < 1.29 is 9.21 Å². The molecule has 2 aromatic heterocycles. The Labute approximate surface area is 141 Å². The second-order valence-corrected chi connectivity index (χ2v) is 5.59. The largest absolute Gasteiger partial charge is 0.449 e. The number of hydrogen-bond donors (Lipinski definition) is 2. The van der Waals surface area contributed by atoms with Crippen LogP contribution in [0.2, 0.25) is 0 Å². The van der Waals surface area contributed by atoms with Crippen LogP contribution in [-0.4, -0.2) is 23.0 Å². The number of aromatic nitrogens is 1. The summed E-state index contributed by atoms with van der Waals surface area (Å²) in [6.07, 6.45) is 4.09. The maximum absolute atomic E-state index is 12.3. The zero-order valence-electron chi connectivity index (χ0n) is 12.4. The third-order valence-electron chi connectivity index (χ3n) is 4.07. The van der Waals surface area contributed by atoms with E-state index in [-0.39, 0.29) is 36.3 Å². The van der Waals surface area contributed by atoms with Gasteiger partial charge in [0.1, 0.15) is 5.52 Å². The molecule has 1 aliphatic rings. The van der Waals surface area contributed by atoms with E-state index in [2.05, 4.69) is 10.3 Å². The van der Waals surface area contributed by atoms with Crippen molar-refractivity contribution >= 4 is 41.8 Å². The molecule has 3 N–H and O–H groups in total. The molecular formula is C15H21Cl2N3O2. The van der Waals surface area contributed by atoms with Gasteiger partial charge in [0.25, 0.3) is 5.91 Å². The first kappa shape index (κ1) is 18.7. The highest BCUT2D eigenvalue weighted by Crippen LogP contribution is 2.29. The molecule has 0 unspecified atom stereocenters. The first-order valence-electron chi connectivity index (χ1n) is 7.02. The van der Waals surface area contributed by atoms with Crippen molar-refractivity contribution in [1.29, 1.82) is 0 Å². The van der Waals surface area contributed by atoms with E-state index in [4.69, 9.17) is 10.2 Å². The minimum absolute atomic E-state index is 0. The van der Waals surface area contributed by atoms with Crippen molar-refractivity contribution in [3.05, 3.63) is 29.7 Å². The van der Waals surface area contributed by atoms with E-state index >= 15 is 0 Å². The van der Waals surface area contributed by atoms with E-state index in [1.54, 1.807) is 6.07 Å². The monoisotopic (exact) mass is 345 g/mol. The van der Waals surface area contributed by atoms with E-state index in [1.165, 1.54) is 0 Å². The Kier molecular flexibility index (Phi) is 6.23. The van der Waals surface area contributed by atoms with E-state index < -0.39 is 0 Å². The molecule has 1 amide bonds. The van der Waals surface area contributed by atoms with Gasteiger partial charge in [0.2, 0.25) is 0 Å². The Balaban J connectivity index is 0.00000121. The average Bonchev–Trinajstić information content (AvgIpc) is 3.05. The highest BCUT2D eigenvalue weighted by atomic mass is 35.5. The molecule has 0 aliphatic heterocycles. The Morgan fingerprint density at radius 1 is 1.36 bits per heavy atom. The maximum Gasteiger partial charge on any atom is 0.287 e. The Bertz CT molecular complexity index is 651. The molecule has 7 heteroatoms. The van der Waals surface area contributed by atoms with Gasteiger partial charge in [0, 0.05) is 18.3 Å². The molecule has 0 saturated heterocycles. The lowest BCUT2D eigenvalue weighted by molar-refractivity contribution is 0.0876. The van der Waals surface area contributed by atoms with Crippen molar-refractivity contribution in [2.75, 3.05) is 6.54 Å². The molecule has 3 rings (SSSR count). The topological polar surface area (TPSA) is 81.2 Å². The van der Waals surface area contributed by atoms with Gasteiger partial charge in [-0.05, 0) is 31.9 Å². The summed E-state index contributed by atoms with van der Waals surface area (Å²) in [5, 5.41) is 3.05. The van der Waals surface area contributed by atoms with Gasteiger partial charge < -0.3 is 15.5 Å². The predicted molar refractivity (Wildman–Crippen MR) is 91.0 cm³/mol. The minimum atomic E-state index is -0.264. The van der Waals surface area contributed by atoms with Crippen LogP contribution in [0, 0.1) is 6.92 Å². The zero-order chi connectivity index (χ0) is 14.2. The predicted octanol–water partition coefficient (Wildman–Crippen LogP) is 2.98. The molecule has 0 aromatic carbocycles. The zero-order valence-corrected chi connectivity index (χ0v) is 14.1. The first-order valence-corrected chi connectivity index (χ1v) is 7.02. The summed E-state index contributed by atoms with van der Waals surface area (Å²) in [5.41, 5.74) is 7.82. The normalized spacial score (nSPS) is 15.9. The number of carbonyl (C=O) groups excluding carboxylic acids is 1. The third kappa shape index (κ3) is 3.54. The molecule has 5 nitrogen and oxygen atoms in total. The quantitative estimate of drug-likeness (QED) is 0.895. The van der Waals surface area contributed by atoms with Crippen LogP contribution in [0.4, 0.5) is 0 Å². The molecule has 1 fully saturated rings. The van der Waals surface area contributed by atoms with E-state index in [1.807, 2.05) is 19.1 Å². The van der Waals surface area contributed by atoms with Crippen molar-refractivity contribution in [2.45, 2.75) is 38.1 Å². The number of fused-ring (bicyclic) bond motifs is 1. The lowest BCUT2D eigenvalue weighted by Crippen LogP contribution is -2.51. The lowest BCUT2D eigenvalue weighted by Gasteiger charge is -2.28. The van der Waals surface area contributed by atoms with Crippen molar-refractivity contribution in [3.8, 4) is 0 Å².